The van der Waals surface area contributed by atoms with Crippen molar-refractivity contribution < 1.29 is 19.4 Å². The van der Waals surface area contributed by atoms with E-state index in [2.05, 4.69) is 10.1 Å². The number of carbonyl (C=O) groups excluding carboxylic acids is 2. The predicted octanol–water partition coefficient (Wildman–Crippen LogP) is -1.06. The number of esters is 1. The Morgan fingerprint density at radius 3 is 2.57 bits per heavy atom. The molecule has 1 rings (SSSR count). The van der Waals surface area contributed by atoms with Gasteiger partial charge in [-0.05, 0) is 6.92 Å². The number of nitrogens with zero attached hydrogens (tertiary/aromatic N) is 1. The smallest absolute Gasteiger partial charge is 0.325 e. The number of rotatable bonds is 2. The Labute approximate surface area is 81.8 Å². The Bertz CT molecular complexity index is 244. The van der Waals surface area contributed by atoms with Crippen molar-refractivity contribution in [1.29, 1.82) is 0 Å². The first-order valence-corrected chi connectivity index (χ1v) is 4.26. The van der Waals surface area contributed by atoms with E-state index in [1.54, 1.807) is 6.92 Å². The molecule has 0 aromatic carbocycles. The summed E-state index contributed by atoms with van der Waals surface area (Å²) in [6.45, 7) is 2.09. The number of ether oxygens (including phenoxy) is 1. The van der Waals surface area contributed by atoms with Gasteiger partial charge in [-0.2, -0.15) is 0 Å². The van der Waals surface area contributed by atoms with Crippen LogP contribution in [0.4, 0.5) is 4.79 Å². The van der Waals surface area contributed by atoms with Crippen molar-refractivity contribution in [3.8, 4) is 0 Å². The van der Waals surface area contributed by atoms with Crippen molar-refractivity contribution in [3.63, 3.8) is 0 Å². The lowest BCUT2D eigenvalue weighted by atomic mass is 9.98. The maximum absolute atomic E-state index is 11.2. The predicted molar refractivity (Wildman–Crippen MR) is 47.6 cm³/mol. The highest BCUT2D eigenvalue weighted by atomic mass is 16.5. The molecule has 80 valence electrons. The highest BCUT2D eigenvalue weighted by molar-refractivity contribution is 5.81. The zero-order valence-corrected chi connectivity index (χ0v) is 8.24. The van der Waals surface area contributed by atoms with Crippen molar-refractivity contribution in [3.05, 3.63) is 0 Å². The molecule has 0 saturated carbocycles. The van der Waals surface area contributed by atoms with Crippen molar-refractivity contribution in [2.45, 2.75) is 12.5 Å². The molecule has 0 atom stereocenters. The molecule has 1 heterocycles. The van der Waals surface area contributed by atoms with Crippen molar-refractivity contribution >= 4 is 12.0 Å². The number of hydrogen-bond donors (Lipinski definition) is 2. The van der Waals surface area contributed by atoms with Gasteiger partial charge >= 0.3 is 12.0 Å². The molecule has 1 aliphatic rings. The van der Waals surface area contributed by atoms with E-state index in [4.69, 9.17) is 0 Å². The number of nitrogens with one attached hydrogen (secondary N) is 1. The standard InChI is InChI=1S/C8H14N2O4/c1-8(13)4-10(5-8)7(12)9-3-6(11)14-2/h13H,3-5H2,1-2H3,(H,9,12). The summed E-state index contributed by atoms with van der Waals surface area (Å²) in [5.74, 6) is -0.495. The van der Waals surface area contributed by atoms with Crippen LogP contribution in [0.5, 0.6) is 0 Å². The molecular weight excluding hydrogens is 188 g/mol. The second-order valence-electron chi connectivity index (χ2n) is 3.59. The van der Waals surface area contributed by atoms with Crippen molar-refractivity contribution in [2.75, 3.05) is 26.7 Å². The molecule has 0 aromatic rings. The second-order valence-corrected chi connectivity index (χ2v) is 3.59. The van der Waals surface area contributed by atoms with Gasteiger partial charge in [0.2, 0.25) is 0 Å². The topological polar surface area (TPSA) is 78.9 Å². The zero-order valence-electron chi connectivity index (χ0n) is 8.24. The summed E-state index contributed by atoms with van der Waals surface area (Å²) in [6, 6.07) is -0.359. The van der Waals surface area contributed by atoms with Gasteiger partial charge in [-0.15, -0.1) is 0 Å². The summed E-state index contributed by atoms with van der Waals surface area (Å²) in [5.41, 5.74) is -0.789. The van der Waals surface area contributed by atoms with Crippen LogP contribution >= 0.6 is 0 Å². The first-order chi connectivity index (χ1) is 6.44. The minimum Gasteiger partial charge on any atom is -0.468 e. The molecule has 0 aliphatic carbocycles. The van der Waals surface area contributed by atoms with Gasteiger partial charge < -0.3 is 20.1 Å². The van der Waals surface area contributed by atoms with Gasteiger partial charge in [-0.3, -0.25) is 4.79 Å². The van der Waals surface area contributed by atoms with Gasteiger partial charge in [-0.25, -0.2) is 4.79 Å². The van der Waals surface area contributed by atoms with Crippen molar-refractivity contribution in [2.24, 2.45) is 0 Å². The number of likely N-dealkylation sites (tertiary alicyclic amines) is 1. The molecule has 6 nitrogen and oxygen atoms in total. The van der Waals surface area contributed by atoms with Crippen LogP contribution < -0.4 is 5.32 Å². The number of hydrogen-bond acceptors (Lipinski definition) is 4. The fourth-order valence-electron chi connectivity index (χ4n) is 1.25. The molecule has 1 fully saturated rings. The average molecular weight is 202 g/mol. The van der Waals surface area contributed by atoms with E-state index in [0.29, 0.717) is 13.1 Å². The molecule has 0 radical (unpaired) electrons. The third kappa shape index (κ3) is 2.59. The maximum atomic E-state index is 11.2. The highest BCUT2D eigenvalue weighted by Gasteiger charge is 2.39. The SMILES string of the molecule is COC(=O)CNC(=O)N1CC(C)(O)C1. The van der Waals surface area contributed by atoms with E-state index >= 15 is 0 Å². The van der Waals surface area contributed by atoms with E-state index in [0.717, 1.165) is 0 Å². The van der Waals surface area contributed by atoms with E-state index < -0.39 is 11.6 Å². The zero-order chi connectivity index (χ0) is 10.8. The fourth-order valence-corrected chi connectivity index (χ4v) is 1.25. The summed E-state index contributed by atoms with van der Waals surface area (Å²) in [6.07, 6.45) is 0. The molecule has 0 spiro atoms. The summed E-state index contributed by atoms with van der Waals surface area (Å²) in [7, 11) is 1.25. The van der Waals surface area contributed by atoms with E-state index in [9.17, 15) is 14.7 Å². The van der Waals surface area contributed by atoms with Crippen LogP contribution in [-0.2, 0) is 9.53 Å². The quantitative estimate of drug-likeness (QED) is 0.559. The van der Waals surface area contributed by atoms with Crippen LogP contribution in [0.3, 0.4) is 0 Å². The Balaban J connectivity index is 2.21. The monoisotopic (exact) mass is 202 g/mol. The van der Waals surface area contributed by atoms with E-state index in [1.165, 1.54) is 12.0 Å². The summed E-state index contributed by atoms with van der Waals surface area (Å²) < 4.78 is 4.35. The second kappa shape index (κ2) is 3.83. The van der Waals surface area contributed by atoms with E-state index in [-0.39, 0.29) is 12.6 Å². The van der Waals surface area contributed by atoms with Crippen LogP contribution in [0.15, 0.2) is 0 Å². The molecule has 0 unspecified atom stereocenters. The molecule has 2 amide bonds. The molecular formula is C8H14N2O4. The van der Waals surface area contributed by atoms with Gasteiger partial charge in [0, 0.05) is 0 Å². The van der Waals surface area contributed by atoms with Gasteiger partial charge in [0.25, 0.3) is 0 Å². The third-order valence-electron chi connectivity index (χ3n) is 1.96. The average Bonchev–Trinajstić information content (AvgIpc) is 2.09. The molecule has 0 bridgehead atoms. The normalized spacial score (nSPS) is 18.4. The number of carbonyl (C=O) groups is 2. The van der Waals surface area contributed by atoms with Crippen LogP contribution in [-0.4, -0.2) is 54.4 Å². The van der Waals surface area contributed by atoms with E-state index in [1.807, 2.05) is 0 Å². The number of β-amino-alcohol motifs (C(OH)–C–C–N with tert-alkyl or cyclic N) is 1. The highest BCUT2D eigenvalue weighted by Crippen LogP contribution is 2.18. The third-order valence-corrected chi connectivity index (χ3v) is 1.96. The Hall–Kier alpha value is -1.30. The molecule has 6 heteroatoms. The Kier molecular flexibility index (Phi) is 2.95. The molecule has 1 aliphatic heterocycles. The lowest BCUT2D eigenvalue weighted by Gasteiger charge is -2.43. The summed E-state index contributed by atoms with van der Waals surface area (Å²) >= 11 is 0. The molecule has 14 heavy (non-hydrogen) atoms. The van der Waals surface area contributed by atoms with Crippen LogP contribution in [0.1, 0.15) is 6.92 Å². The summed E-state index contributed by atoms with van der Waals surface area (Å²) in [5, 5.41) is 11.7. The molecule has 0 aromatic heterocycles. The minimum atomic E-state index is -0.789. The number of methoxy groups -OCH3 is 1. The lowest BCUT2D eigenvalue weighted by molar-refractivity contribution is -0.139. The van der Waals surface area contributed by atoms with Gasteiger partial charge in [0.05, 0.1) is 25.8 Å². The Morgan fingerprint density at radius 1 is 1.57 bits per heavy atom. The first-order valence-electron chi connectivity index (χ1n) is 4.26. The maximum Gasteiger partial charge on any atom is 0.325 e. The van der Waals surface area contributed by atoms with Crippen LogP contribution in [0, 0.1) is 0 Å². The number of urea groups is 1. The van der Waals surface area contributed by atoms with Gasteiger partial charge in [-0.1, -0.05) is 0 Å². The van der Waals surface area contributed by atoms with Gasteiger partial charge in [0.1, 0.15) is 6.54 Å². The van der Waals surface area contributed by atoms with Gasteiger partial charge in [0.15, 0.2) is 0 Å². The molecule has 1 saturated heterocycles. The van der Waals surface area contributed by atoms with Crippen LogP contribution in [0.2, 0.25) is 0 Å². The minimum absolute atomic E-state index is 0.145. The number of amides is 2. The first kappa shape index (κ1) is 10.8. The Morgan fingerprint density at radius 2 is 2.14 bits per heavy atom. The van der Waals surface area contributed by atoms with Crippen molar-refractivity contribution in [1.82, 2.24) is 10.2 Å². The summed E-state index contributed by atoms with van der Waals surface area (Å²) in [4.78, 5) is 23.3. The largest absolute Gasteiger partial charge is 0.468 e. The number of aliphatic hydroxyl groups is 1. The lowest BCUT2D eigenvalue weighted by Crippen LogP contribution is -2.64. The molecule has 2 N–H and O–H groups in total. The van der Waals surface area contributed by atoms with Crippen LogP contribution in [0.25, 0.3) is 0 Å². The fraction of sp³-hybridized carbons (Fsp3) is 0.750.